The molecule has 1 aliphatic carbocycles. The van der Waals surface area contributed by atoms with E-state index < -0.39 is 11.8 Å². The van der Waals surface area contributed by atoms with Crippen molar-refractivity contribution in [3.8, 4) is 11.8 Å². The second-order valence-corrected chi connectivity index (χ2v) is 7.66. The van der Waals surface area contributed by atoms with Crippen LogP contribution in [-0.2, 0) is 24.1 Å². The minimum absolute atomic E-state index is 0.0222. The quantitative estimate of drug-likeness (QED) is 0.555. The molecular weight excluding hydrogens is 374 g/mol. The Labute approximate surface area is 167 Å². The summed E-state index contributed by atoms with van der Waals surface area (Å²) in [5.41, 5.74) is 8.02. The highest BCUT2D eigenvalue weighted by Crippen LogP contribution is 2.35. The fourth-order valence-electron chi connectivity index (χ4n) is 3.32. The molecule has 3 N–H and O–H groups in total. The van der Waals surface area contributed by atoms with Crippen molar-refractivity contribution in [3.05, 3.63) is 56.3 Å². The van der Waals surface area contributed by atoms with Gasteiger partial charge in [0.15, 0.2) is 0 Å². The Morgan fingerprint density at radius 3 is 2.71 bits per heavy atom. The zero-order chi connectivity index (χ0) is 20.1. The highest BCUT2D eigenvalue weighted by Gasteiger charge is 2.24. The molecule has 0 spiro atoms. The first-order valence-electron chi connectivity index (χ1n) is 9.00. The van der Waals surface area contributed by atoms with Crippen molar-refractivity contribution in [1.82, 2.24) is 5.32 Å². The number of thiophene rings is 1. The Bertz CT molecular complexity index is 968. The molecule has 144 valence electrons. The molecular formula is C21H21N3O3S. The maximum absolute atomic E-state index is 12.3. The van der Waals surface area contributed by atoms with Crippen LogP contribution in [0.5, 0.6) is 5.75 Å². The van der Waals surface area contributed by atoms with Crippen molar-refractivity contribution in [2.45, 2.75) is 25.7 Å². The van der Waals surface area contributed by atoms with Crippen molar-refractivity contribution >= 4 is 29.2 Å². The van der Waals surface area contributed by atoms with E-state index in [9.17, 15) is 14.9 Å². The Morgan fingerprint density at radius 2 is 2.07 bits per heavy atom. The van der Waals surface area contributed by atoms with Crippen molar-refractivity contribution in [3.63, 3.8) is 0 Å². The molecule has 0 aliphatic heterocycles. The average Bonchev–Trinajstić information content (AvgIpc) is 3.27. The van der Waals surface area contributed by atoms with Gasteiger partial charge < -0.3 is 15.8 Å². The van der Waals surface area contributed by atoms with Gasteiger partial charge in [-0.25, -0.2) is 0 Å². The van der Waals surface area contributed by atoms with Crippen molar-refractivity contribution in [2.75, 3.05) is 13.7 Å². The van der Waals surface area contributed by atoms with Gasteiger partial charge in [0.1, 0.15) is 17.4 Å². The molecule has 1 aromatic carbocycles. The summed E-state index contributed by atoms with van der Waals surface area (Å²) in [5.74, 6) is -0.144. The molecule has 0 saturated heterocycles. The molecule has 0 unspecified atom stereocenters. The van der Waals surface area contributed by atoms with Crippen LogP contribution in [0.15, 0.2) is 29.8 Å². The molecule has 2 amide bonds. The molecule has 1 heterocycles. The van der Waals surface area contributed by atoms with Gasteiger partial charge in [0.2, 0.25) is 5.91 Å². The Kier molecular flexibility index (Phi) is 6.12. The molecule has 0 saturated carbocycles. The Balaban J connectivity index is 1.64. The normalized spacial score (nSPS) is 12.9. The van der Waals surface area contributed by atoms with Gasteiger partial charge in [0.05, 0.1) is 12.7 Å². The fourth-order valence-corrected chi connectivity index (χ4v) is 4.72. The summed E-state index contributed by atoms with van der Waals surface area (Å²) in [7, 11) is 1.57. The van der Waals surface area contributed by atoms with Crippen molar-refractivity contribution in [1.29, 1.82) is 5.26 Å². The number of primary amides is 1. The number of hydrogen-bond donors (Lipinski definition) is 2. The lowest BCUT2D eigenvalue weighted by molar-refractivity contribution is -0.117. The molecule has 0 atom stereocenters. The number of benzene rings is 1. The summed E-state index contributed by atoms with van der Waals surface area (Å²) >= 11 is 1.61. The fraction of sp³-hybridized carbons (Fsp3) is 0.286. The molecule has 7 heteroatoms. The van der Waals surface area contributed by atoms with Crippen LogP contribution in [-0.4, -0.2) is 25.5 Å². The van der Waals surface area contributed by atoms with Gasteiger partial charge in [-0.1, -0.05) is 12.1 Å². The van der Waals surface area contributed by atoms with E-state index in [1.54, 1.807) is 42.7 Å². The lowest BCUT2D eigenvalue weighted by Gasteiger charge is -2.06. The number of nitrogens with one attached hydrogen (secondary N) is 1. The first-order chi connectivity index (χ1) is 13.5. The third kappa shape index (κ3) is 4.24. The predicted molar refractivity (Wildman–Crippen MR) is 108 cm³/mol. The van der Waals surface area contributed by atoms with Crippen molar-refractivity contribution in [2.24, 2.45) is 5.73 Å². The first-order valence-corrected chi connectivity index (χ1v) is 9.82. The summed E-state index contributed by atoms with van der Waals surface area (Å²) in [6, 6.07) is 9.01. The van der Waals surface area contributed by atoms with Crippen LogP contribution in [0.25, 0.3) is 6.08 Å². The number of rotatable bonds is 7. The van der Waals surface area contributed by atoms with E-state index in [4.69, 9.17) is 10.5 Å². The number of methoxy groups -OCH3 is 1. The standard InChI is InChI=1S/C21H21N3O3S/c1-27-15-7-5-13(6-8-15)11-14(12-22)21(26)24-10-9-18-19(20(23)25)16-3-2-4-17(16)28-18/h5-8,11H,2-4,9-10H2,1H3,(H2,23,25)(H,24,26)/b14-11+. The van der Waals surface area contributed by atoms with E-state index in [-0.39, 0.29) is 5.57 Å². The van der Waals surface area contributed by atoms with Crippen LogP contribution < -0.4 is 15.8 Å². The number of nitrogens with zero attached hydrogens (tertiary/aromatic N) is 1. The lowest BCUT2D eigenvalue weighted by Crippen LogP contribution is -2.27. The SMILES string of the molecule is COc1ccc(/C=C(\C#N)C(=O)NCCc2sc3c(c2C(N)=O)CCC3)cc1. The largest absolute Gasteiger partial charge is 0.497 e. The Morgan fingerprint density at radius 1 is 1.32 bits per heavy atom. The first kappa shape index (κ1) is 19.6. The van der Waals surface area contributed by atoms with E-state index in [1.807, 2.05) is 6.07 Å². The highest BCUT2D eigenvalue weighted by molar-refractivity contribution is 7.12. The summed E-state index contributed by atoms with van der Waals surface area (Å²) in [4.78, 5) is 26.3. The molecule has 0 radical (unpaired) electrons. The van der Waals surface area contributed by atoms with Gasteiger partial charge in [-0.05, 0) is 55.0 Å². The molecule has 0 bridgehead atoms. The van der Waals surface area contributed by atoms with Gasteiger partial charge in [-0.3, -0.25) is 9.59 Å². The molecule has 2 aromatic rings. The van der Waals surface area contributed by atoms with Crippen LogP contribution >= 0.6 is 11.3 Å². The summed E-state index contributed by atoms with van der Waals surface area (Å²) < 4.78 is 5.09. The second kappa shape index (κ2) is 8.72. The lowest BCUT2D eigenvalue weighted by atomic mass is 10.1. The number of nitrogens with two attached hydrogens (primary N) is 1. The number of ether oxygens (including phenoxy) is 1. The van der Waals surface area contributed by atoms with Crippen LogP contribution in [0, 0.1) is 11.3 Å². The van der Waals surface area contributed by atoms with Crippen LogP contribution in [0.4, 0.5) is 0 Å². The maximum atomic E-state index is 12.3. The van der Waals surface area contributed by atoms with E-state index >= 15 is 0 Å². The minimum Gasteiger partial charge on any atom is -0.497 e. The number of carbonyl (C=O) groups excluding carboxylic acids is 2. The summed E-state index contributed by atoms with van der Waals surface area (Å²) in [5, 5.41) is 12.1. The molecule has 0 fully saturated rings. The molecule has 28 heavy (non-hydrogen) atoms. The zero-order valence-electron chi connectivity index (χ0n) is 15.6. The molecule has 3 rings (SSSR count). The zero-order valence-corrected chi connectivity index (χ0v) is 16.4. The minimum atomic E-state index is -0.442. The average molecular weight is 395 g/mol. The van der Waals surface area contributed by atoms with E-state index in [0.29, 0.717) is 24.3 Å². The van der Waals surface area contributed by atoms with Gasteiger partial charge in [-0.15, -0.1) is 11.3 Å². The second-order valence-electron chi connectivity index (χ2n) is 6.47. The summed E-state index contributed by atoms with van der Waals surface area (Å²) in [6.07, 6.45) is 4.97. The third-order valence-corrected chi connectivity index (χ3v) is 6.02. The molecule has 6 nitrogen and oxygen atoms in total. The molecule has 1 aliphatic rings. The number of hydrogen-bond acceptors (Lipinski definition) is 5. The van der Waals surface area contributed by atoms with Gasteiger partial charge in [0.25, 0.3) is 5.91 Å². The Hall–Kier alpha value is -3.11. The van der Waals surface area contributed by atoms with Gasteiger partial charge >= 0.3 is 0 Å². The number of aryl methyl sites for hydroxylation is 1. The highest BCUT2D eigenvalue weighted by atomic mass is 32.1. The number of fused-ring (bicyclic) bond motifs is 1. The summed E-state index contributed by atoms with van der Waals surface area (Å²) in [6.45, 7) is 0.333. The van der Waals surface area contributed by atoms with E-state index in [2.05, 4.69) is 5.32 Å². The smallest absolute Gasteiger partial charge is 0.261 e. The topological polar surface area (TPSA) is 105 Å². The number of carbonyl (C=O) groups is 2. The predicted octanol–water partition coefficient (Wildman–Crippen LogP) is 2.61. The number of amides is 2. The van der Waals surface area contributed by atoms with Crippen LogP contribution in [0.1, 0.15) is 37.7 Å². The maximum Gasteiger partial charge on any atom is 0.261 e. The van der Waals surface area contributed by atoms with E-state index in [0.717, 1.165) is 35.3 Å². The van der Waals surface area contributed by atoms with Crippen molar-refractivity contribution < 1.29 is 14.3 Å². The van der Waals surface area contributed by atoms with Crippen LogP contribution in [0.3, 0.4) is 0 Å². The van der Waals surface area contributed by atoms with Gasteiger partial charge in [0, 0.05) is 16.3 Å². The number of nitriles is 1. The molecule has 1 aromatic heterocycles. The van der Waals surface area contributed by atoms with Crippen LogP contribution in [0.2, 0.25) is 0 Å². The van der Waals surface area contributed by atoms with E-state index in [1.165, 1.54) is 11.0 Å². The van der Waals surface area contributed by atoms with Gasteiger partial charge in [-0.2, -0.15) is 5.26 Å². The monoisotopic (exact) mass is 395 g/mol. The third-order valence-electron chi connectivity index (χ3n) is 4.67.